The fourth-order valence-corrected chi connectivity index (χ4v) is 3.21. The minimum atomic E-state index is -0.553. The Morgan fingerprint density at radius 1 is 1.00 bits per heavy atom. The number of benzene rings is 2. The number of aromatic nitrogens is 2. The van der Waals surface area contributed by atoms with Crippen molar-refractivity contribution in [3.05, 3.63) is 60.3 Å². The highest BCUT2D eigenvalue weighted by Gasteiger charge is 2.20. The molecule has 0 aliphatic heterocycles. The number of alkyl carbamates (subject to hydrolysis) is 1. The molecule has 0 spiro atoms. The summed E-state index contributed by atoms with van der Waals surface area (Å²) in [6.45, 7) is 6.00. The Balaban J connectivity index is 1.76. The summed E-state index contributed by atoms with van der Waals surface area (Å²) in [6.07, 6.45) is -0.488. The molecule has 0 aliphatic carbocycles. The highest BCUT2D eigenvalue weighted by molar-refractivity contribution is 5.92. The lowest BCUT2D eigenvalue weighted by Gasteiger charge is -2.19. The fraction of sp³-hybridized carbons (Fsp3) is 0.346. The van der Waals surface area contributed by atoms with E-state index in [1.807, 2.05) is 48.5 Å². The van der Waals surface area contributed by atoms with E-state index in [1.165, 1.54) is 14.2 Å². The number of ether oxygens (including phenoxy) is 3. The van der Waals surface area contributed by atoms with Gasteiger partial charge in [-0.15, -0.1) is 0 Å². The topological polar surface area (TPSA) is 104 Å². The number of rotatable bonds is 9. The summed E-state index contributed by atoms with van der Waals surface area (Å²) in [4.78, 5) is 29.4. The molecule has 0 saturated carbocycles. The van der Waals surface area contributed by atoms with Crippen molar-refractivity contribution in [3.63, 3.8) is 0 Å². The Bertz CT molecular complexity index is 1170. The second kappa shape index (κ2) is 11.6. The molecule has 0 atom stereocenters. The average molecular weight is 497 g/mol. The predicted molar refractivity (Wildman–Crippen MR) is 134 cm³/mol. The first-order valence-electron chi connectivity index (χ1n) is 11.4. The molecule has 1 aromatic heterocycles. The van der Waals surface area contributed by atoms with E-state index in [0.29, 0.717) is 23.7 Å². The Kier molecular flexibility index (Phi) is 8.55. The van der Waals surface area contributed by atoms with Crippen LogP contribution in [0.15, 0.2) is 54.6 Å². The number of hydrogen-bond donors (Lipinski definition) is 1. The Hall–Kier alpha value is -4.05. The van der Waals surface area contributed by atoms with E-state index in [0.717, 1.165) is 16.3 Å². The van der Waals surface area contributed by atoms with E-state index in [2.05, 4.69) is 10.4 Å². The second-order valence-corrected chi connectivity index (χ2v) is 8.81. The van der Waals surface area contributed by atoms with Crippen LogP contribution in [-0.2, 0) is 9.57 Å². The maximum Gasteiger partial charge on any atom is 0.407 e. The van der Waals surface area contributed by atoms with Gasteiger partial charge in [-0.25, -0.2) is 14.5 Å². The van der Waals surface area contributed by atoms with Gasteiger partial charge >= 0.3 is 6.09 Å². The van der Waals surface area contributed by atoms with Crippen molar-refractivity contribution in [2.75, 3.05) is 34.4 Å². The van der Waals surface area contributed by atoms with Crippen molar-refractivity contribution in [1.29, 1.82) is 0 Å². The Morgan fingerprint density at radius 3 is 2.22 bits per heavy atom. The number of hydroxylamine groups is 2. The third-order valence-corrected chi connectivity index (χ3v) is 4.99. The second-order valence-electron chi connectivity index (χ2n) is 8.81. The van der Waals surface area contributed by atoms with Gasteiger partial charge in [0, 0.05) is 12.6 Å². The van der Waals surface area contributed by atoms with Gasteiger partial charge in [-0.1, -0.05) is 0 Å². The lowest BCUT2D eigenvalue weighted by atomic mass is 10.1. The number of nitrogens with one attached hydrogen (secondary N) is 1. The standard InChI is InChI=1S/C26H32N4O6/c1-26(2,3)36-25(32)27-15-16-35-21-11-7-18(8-12-21)23-17-22(24(31)29(4)34-6)28-30(23)19-9-13-20(33-5)14-10-19/h7-14,17H,15-16H2,1-6H3,(H,27,32). The van der Waals surface area contributed by atoms with Crippen LogP contribution in [0, 0.1) is 0 Å². The first-order valence-corrected chi connectivity index (χ1v) is 11.4. The first-order chi connectivity index (χ1) is 17.1. The van der Waals surface area contributed by atoms with Gasteiger partial charge in [0.15, 0.2) is 5.69 Å². The molecule has 3 aromatic rings. The molecular weight excluding hydrogens is 464 g/mol. The van der Waals surface area contributed by atoms with Crippen molar-refractivity contribution in [2.45, 2.75) is 26.4 Å². The summed E-state index contributed by atoms with van der Waals surface area (Å²) in [5.74, 6) is 0.977. The number of carbonyl (C=O) groups excluding carboxylic acids is 2. The van der Waals surface area contributed by atoms with Crippen LogP contribution >= 0.6 is 0 Å². The van der Waals surface area contributed by atoms with Gasteiger partial charge < -0.3 is 19.5 Å². The lowest BCUT2D eigenvalue weighted by molar-refractivity contribution is -0.0760. The van der Waals surface area contributed by atoms with Crippen LogP contribution < -0.4 is 14.8 Å². The van der Waals surface area contributed by atoms with Crippen LogP contribution in [0.4, 0.5) is 4.79 Å². The molecule has 3 rings (SSSR count). The van der Waals surface area contributed by atoms with E-state index in [9.17, 15) is 9.59 Å². The minimum Gasteiger partial charge on any atom is -0.497 e. The van der Waals surface area contributed by atoms with Gasteiger partial charge in [0.1, 0.15) is 23.7 Å². The summed E-state index contributed by atoms with van der Waals surface area (Å²) in [5, 5.41) is 8.30. The molecule has 0 saturated heterocycles. The van der Waals surface area contributed by atoms with E-state index in [1.54, 1.807) is 38.6 Å². The number of hydrogen-bond acceptors (Lipinski definition) is 7. The molecule has 36 heavy (non-hydrogen) atoms. The van der Waals surface area contributed by atoms with Crippen LogP contribution in [0.5, 0.6) is 11.5 Å². The van der Waals surface area contributed by atoms with Gasteiger partial charge in [-0.05, 0) is 75.4 Å². The molecule has 0 unspecified atom stereocenters. The predicted octanol–water partition coefficient (Wildman–Crippen LogP) is 4.08. The van der Waals surface area contributed by atoms with Crippen molar-refractivity contribution >= 4 is 12.0 Å². The molecule has 10 heteroatoms. The van der Waals surface area contributed by atoms with E-state index < -0.39 is 11.7 Å². The molecule has 1 N–H and O–H groups in total. The lowest BCUT2D eigenvalue weighted by Crippen LogP contribution is -2.34. The Labute approximate surface area is 210 Å². The third-order valence-electron chi connectivity index (χ3n) is 4.99. The largest absolute Gasteiger partial charge is 0.497 e. The van der Waals surface area contributed by atoms with Gasteiger partial charge in [0.2, 0.25) is 0 Å². The van der Waals surface area contributed by atoms with Gasteiger partial charge in [0.05, 0.1) is 32.1 Å². The summed E-state index contributed by atoms with van der Waals surface area (Å²) in [5.41, 5.74) is 1.99. The van der Waals surface area contributed by atoms with Crippen molar-refractivity contribution in [3.8, 4) is 28.4 Å². The Morgan fingerprint density at radius 2 is 1.64 bits per heavy atom. The van der Waals surface area contributed by atoms with Crippen LogP contribution in [0.1, 0.15) is 31.3 Å². The summed E-state index contributed by atoms with van der Waals surface area (Å²) in [6, 6.07) is 16.5. The van der Waals surface area contributed by atoms with Gasteiger partial charge in [0.25, 0.3) is 5.91 Å². The fourth-order valence-electron chi connectivity index (χ4n) is 3.21. The highest BCUT2D eigenvalue weighted by atomic mass is 16.7. The maximum absolute atomic E-state index is 12.7. The summed E-state index contributed by atoms with van der Waals surface area (Å²) >= 11 is 0. The van der Waals surface area contributed by atoms with Crippen molar-refractivity contribution < 1.29 is 28.6 Å². The molecule has 0 fully saturated rings. The van der Waals surface area contributed by atoms with Crippen molar-refractivity contribution in [2.24, 2.45) is 0 Å². The number of amides is 2. The zero-order valence-corrected chi connectivity index (χ0v) is 21.4. The minimum absolute atomic E-state index is 0.235. The zero-order chi connectivity index (χ0) is 26.3. The van der Waals surface area contributed by atoms with Gasteiger partial charge in [-0.3, -0.25) is 9.63 Å². The molecule has 0 bridgehead atoms. The van der Waals surface area contributed by atoms with Crippen LogP contribution in [0.25, 0.3) is 16.9 Å². The number of methoxy groups -OCH3 is 1. The van der Waals surface area contributed by atoms with Crippen LogP contribution in [0.2, 0.25) is 0 Å². The highest BCUT2D eigenvalue weighted by Crippen LogP contribution is 2.27. The quantitative estimate of drug-likeness (QED) is 0.352. The zero-order valence-electron chi connectivity index (χ0n) is 21.4. The van der Waals surface area contributed by atoms with E-state index in [4.69, 9.17) is 19.0 Å². The number of carbonyl (C=O) groups is 2. The normalized spacial score (nSPS) is 11.1. The van der Waals surface area contributed by atoms with Crippen molar-refractivity contribution in [1.82, 2.24) is 20.2 Å². The van der Waals surface area contributed by atoms with E-state index >= 15 is 0 Å². The molecule has 1 heterocycles. The molecule has 0 aliphatic rings. The number of nitrogens with zero attached hydrogens (tertiary/aromatic N) is 3. The molecule has 192 valence electrons. The molecule has 2 amide bonds. The molecular formula is C26H32N4O6. The van der Waals surface area contributed by atoms with Crippen LogP contribution in [-0.4, -0.2) is 66.9 Å². The monoisotopic (exact) mass is 496 g/mol. The van der Waals surface area contributed by atoms with Gasteiger partial charge in [-0.2, -0.15) is 5.10 Å². The summed E-state index contributed by atoms with van der Waals surface area (Å²) < 4.78 is 17.9. The van der Waals surface area contributed by atoms with Crippen LogP contribution in [0.3, 0.4) is 0 Å². The SMILES string of the molecule is COc1ccc(-n2nc(C(=O)N(C)OC)cc2-c2ccc(OCCNC(=O)OC(C)(C)C)cc2)cc1. The van der Waals surface area contributed by atoms with E-state index in [-0.39, 0.29) is 18.2 Å². The maximum atomic E-state index is 12.7. The molecule has 10 nitrogen and oxygen atoms in total. The molecule has 0 radical (unpaired) electrons. The average Bonchev–Trinajstić information content (AvgIpc) is 3.30. The summed E-state index contributed by atoms with van der Waals surface area (Å²) in [7, 11) is 4.54. The smallest absolute Gasteiger partial charge is 0.407 e. The molecule has 2 aromatic carbocycles. The first kappa shape index (κ1) is 26.6. The third kappa shape index (κ3) is 6.98.